The van der Waals surface area contributed by atoms with Crippen LogP contribution in [0.3, 0.4) is 0 Å². The van der Waals surface area contributed by atoms with E-state index in [9.17, 15) is 13.2 Å². The van der Waals surface area contributed by atoms with Crippen LogP contribution in [0, 0.1) is 0 Å². The first-order valence-corrected chi connectivity index (χ1v) is 9.38. The predicted octanol–water partition coefficient (Wildman–Crippen LogP) is -0.436. The molecule has 0 aliphatic carbocycles. The Kier molecular flexibility index (Phi) is 6.43. The van der Waals surface area contributed by atoms with Gasteiger partial charge in [-0.15, -0.1) is 0 Å². The summed E-state index contributed by atoms with van der Waals surface area (Å²) >= 11 is 0. The third-order valence-electron chi connectivity index (χ3n) is 3.70. The summed E-state index contributed by atoms with van der Waals surface area (Å²) in [6.07, 6.45) is 5.05. The van der Waals surface area contributed by atoms with E-state index in [1.165, 1.54) is 18.6 Å². The molecule has 2 heterocycles. The Morgan fingerprint density at radius 2 is 2.00 bits per heavy atom. The quantitative estimate of drug-likeness (QED) is 0.723. The lowest BCUT2D eigenvalue weighted by Crippen LogP contribution is -2.50. The van der Waals surface area contributed by atoms with Crippen LogP contribution >= 0.6 is 0 Å². The number of hydrogen-bond acceptors (Lipinski definition) is 6. The number of sulfonamides is 1. The van der Waals surface area contributed by atoms with Crippen LogP contribution in [0.4, 0.5) is 0 Å². The monoisotopic (exact) mass is 341 g/mol. The molecule has 2 rings (SSSR count). The number of nitrogens with zero attached hydrogens (tertiary/aromatic N) is 4. The minimum absolute atomic E-state index is 0.209. The van der Waals surface area contributed by atoms with Crippen molar-refractivity contribution in [2.24, 2.45) is 0 Å². The SMILES string of the molecule is CCCS(=O)(=O)N1CCN(CCNC(=O)c2cnccn2)CC1. The standard InChI is InChI=1S/C14H23N5O3S/c1-2-11-23(21,22)19-9-7-18(8-10-19)6-5-17-14(20)13-12-15-3-4-16-13/h3-4,12H,2,5-11H2,1H3,(H,17,20). The lowest BCUT2D eigenvalue weighted by Gasteiger charge is -2.33. The summed E-state index contributed by atoms with van der Waals surface area (Å²) in [7, 11) is -3.11. The summed E-state index contributed by atoms with van der Waals surface area (Å²) in [5.41, 5.74) is 0.294. The Labute approximate surface area is 137 Å². The van der Waals surface area contributed by atoms with E-state index in [4.69, 9.17) is 0 Å². The number of carbonyl (C=O) groups excluding carboxylic acids is 1. The molecule has 9 heteroatoms. The molecule has 0 saturated carbocycles. The highest BCUT2D eigenvalue weighted by molar-refractivity contribution is 7.89. The number of piperazine rings is 1. The van der Waals surface area contributed by atoms with E-state index in [0.29, 0.717) is 51.4 Å². The Hall–Kier alpha value is -1.58. The number of aromatic nitrogens is 2. The van der Waals surface area contributed by atoms with Crippen LogP contribution in [0.1, 0.15) is 23.8 Å². The molecule has 1 amide bonds. The number of rotatable bonds is 7. The van der Waals surface area contributed by atoms with E-state index in [1.54, 1.807) is 4.31 Å². The van der Waals surface area contributed by atoms with Crippen LogP contribution in [0.25, 0.3) is 0 Å². The largest absolute Gasteiger partial charge is 0.349 e. The topological polar surface area (TPSA) is 95.5 Å². The molecule has 1 aliphatic heterocycles. The molecule has 1 aromatic heterocycles. The highest BCUT2D eigenvalue weighted by Crippen LogP contribution is 2.08. The molecular weight excluding hydrogens is 318 g/mol. The zero-order valence-electron chi connectivity index (χ0n) is 13.3. The van der Waals surface area contributed by atoms with Gasteiger partial charge in [-0.25, -0.2) is 13.4 Å². The fourth-order valence-corrected chi connectivity index (χ4v) is 3.95. The molecule has 128 valence electrons. The lowest BCUT2D eigenvalue weighted by atomic mass is 10.3. The van der Waals surface area contributed by atoms with Crippen molar-refractivity contribution >= 4 is 15.9 Å². The van der Waals surface area contributed by atoms with Gasteiger partial charge in [0, 0.05) is 51.7 Å². The van der Waals surface area contributed by atoms with Crippen molar-refractivity contribution in [2.75, 3.05) is 45.0 Å². The predicted molar refractivity (Wildman–Crippen MR) is 86.5 cm³/mol. The van der Waals surface area contributed by atoms with E-state index in [1.807, 2.05) is 6.92 Å². The van der Waals surface area contributed by atoms with E-state index in [-0.39, 0.29) is 11.7 Å². The Morgan fingerprint density at radius 1 is 1.26 bits per heavy atom. The maximum Gasteiger partial charge on any atom is 0.271 e. The molecule has 0 aromatic carbocycles. The molecule has 0 spiro atoms. The molecule has 1 aromatic rings. The molecule has 1 fully saturated rings. The minimum Gasteiger partial charge on any atom is -0.349 e. The Balaban J connectivity index is 1.70. The van der Waals surface area contributed by atoms with Crippen molar-refractivity contribution in [2.45, 2.75) is 13.3 Å². The van der Waals surface area contributed by atoms with Crippen LogP contribution < -0.4 is 5.32 Å². The molecule has 8 nitrogen and oxygen atoms in total. The van der Waals surface area contributed by atoms with Gasteiger partial charge in [-0.05, 0) is 6.42 Å². The second-order valence-corrected chi connectivity index (χ2v) is 7.49. The third kappa shape index (κ3) is 5.22. The van der Waals surface area contributed by atoms with Gasteiger partial charge in [-0.3, -0.25) is 14.7 Å². The van der Waals surface area contributed by atoms with Crippen LogP contribution in [0.5, 0.6) is 0 Å². The highest BCUT2D eigenvalue weighted by atomic mass is 32.2. The van der Waals surface area contributed by atoms with Crippen molar-refractivity contribution in [3.8, 4) is 0 Å². The Morgan fingerprint density at radius 3 is 2.61 bits per heavy atom. The third-order valence-corrected chi connectivity index (χ3v) is 5.77. The zero-order valence-corrected chi connectivity index (χ0v) is 14.1. The molecule has 1 saturated heterocycles. The van der Waals surface area contributed by atoms with Gasteiger partial charge < -0.3 is 5.32 Å². The summed E-state index contributed by atoms with van der Waals surface area (Å²) < 4.78 is 25.5. The van der Waals surface area contributed by atoms with Gasteiger partial charge >= 0.3 is 0 Å². The van der Waals surface area contributed by atoms with Gasteiger partial charge in [0.05, 0.1) is 11.9 Å². The van der Waals surface area contributed by atoms with Gasteiger partial charge in [-0.2, -0.15) is 4.31 Å². The van der Waals surface area contributed by atoms with Crippen molar-refractivity contribution < 1.29 is 13.2 Å². The van der Waals surface area contributed by atoms with E-state index >= 15 is 0 Å². The molecular formula is C14H23N5O3S. The smallest absolute Gasteiger partial charge is 0.271 e. The fraction of sp³-hybridized carbons (Fsp3) is 0.643. The molecule has 23 heavy (non-hydrogen) atoms. The summed E-state index contributed by atoms with van der Waals surface area (Å²) in [5.74, 6) is -0.0384. The first kappa shape index (κ1) is 17.8. The number of nitrogens with one attached hydrogen (secondary N) is 1. The first-order valence-electron chi connectivity index (χ1n) is 7.77. The fourth-order valence-electron chi connectivity index (χ4n) is 2.45. The maximum atomic E-state index is 12.0. The number of hydrogen-bond donors (Lipinski definition) is 1. The second kappa shape index (κ2) is 8.32. The summed E-state index contributed by atoms with van der Waals surface area (Å²) in [6.45, 7) is 5.45. The number of carbonyl (C=O) groups is 1. The lowest BCUT2D eigenvalue weighted by molar-refractivity contribution is 0.0939. The van der Waals surface area contributed by atoms with E-state index in [2.05, 4.69) is 20.2 Å². The molecule has 0 atom stereocenters. The normalized spacial score (nSPS) is 17.1. The average molecular weight is 341 g/mol. The summed E-state index contributed by atoms with van der Waals surface area (Å²) in [6, 6.07) is 0. The van der Waals surface area contributed by atoms with Gasteiger partial charge in [0.15, 0.2) is 0 Å². The van der Waals surface area contributed by atoms with Gasteiger partial charge in [0.2, 0.25) is 10.0 Å². The van der Waals surface area contributed by atoms with Crippen molar-refractivity contribution in [1.29, 1.82) is 0 Å². The van der Waals surface area contributed by atoms with Crippen molar-refractivity contribution in [3.63, 3.8) is 0 Å². The summed E-state index contributed by atoms with van der Waals surface area (Å²) in [5, 5.41) is 2.79. The zero-order chi connectivity index (χ0) is 16.7. The van der Waals surface area contributed by atoms with Crippen molar-refractivity contribution in [1.82, 2.24) is 24.5 Å². The van der Waals surface area contributed by atoms with Crippen LogP contribution in [0.2, 0.25) is 0 Å². The van der Waals surface area contributed by atoms with Crippen LogP contribution in [0.15, 0.2) is 18.6 Å². The Bertz CT molecular complexity index is 600. The minimum atomic E-state index is -3.11. The second-order valence-electron chi connectivity index (χ2n) is 5.40. The maximum absolute atomic E-state index is 12.0. The summed E-state index contributed by atoms with van der Waals surface area (Å²) in [4.78, 5) is 21.8. The first-order chi connectivity index (χ1) is 11.0. The number of amides is 1. The molecule has 1 aliphatic rings. The van der Waals surface area contributed by atoms with Crippen LogP contribution in [-0.4, -0.2) is 78.5 Å². The van der Waals surface area contributed by atoms with E-state index < -0.39 is 10.0 Å². The van der Waals surface area contributed by atoms with Gasteiger partial charge in [0.1, 0.15) is 5.69 Å². The van der Waals surface area contributed by atoms with Crippen LogP contribution in [-0.2, 0) is 10.0 Å². The van der Waals surface area contributed by atoms with Gasteiger partial charge in [0.25, 0.3) is 5.91 Å². The molecule has 1 N–H and O–H groups in total. The van der Waals surface area contributed by atoms with Gasteiger partial charge in [-0.1, -0.05) is 6.92 Å². The molecule has 0 bridgehead atoms. The van der Waals surface area contributed by atoms with E-state index in [0.717, 1.165) is 0 Å². The molecule has 0 radical (unpaired) electrons. The highest BCUT2D eigenvalue weighted by Gasteiger charge is 2.25. The molecule has 0 unspecified atom stereocenters. The van der Waals surface area contributed by atoms with Crippen molar-refractivity contribution in [3.05, 3.63) is 24.3 Å². The average Bonchev–Trinajstić information content (AvgIpc) is 2.56.